The van der Waals surface area contributed by atoms with Crippen LogP contribution in [0.5, 0.6) is 0 Å². The van der Waals surface area contributed by atoms with E-state index in [9.17, 15) is 10.2 Å². The van der Waals surface area contributed by atoms with Crippen LogP contribution >= 0.6 is 23.2 Å². The van der Waals surface area contributed by atoms with Crippen LogP contribution in [-0.4, -0.2) is 47.0 Å². The molecule has 0 saturated heterocycles. The number of halogens is 2. The number of hydrogen-bond donors (Lipinski definition) is 0. The predicted molar refractivity (Wildman–Crippen MR) is 46.1 cm³/mol. The second-order valence-electron chi connectivity index (χ2n) is 1.93. The monoisotopic (exact) mass is 210 g/mol. The van der Waals surface area contributed by atoms with Crippen LogP contribution in [0.25, 0.3) is 0 Å². The van der Waals surface area contributed by atoms with Crippen molar-refractivity contribution in [2.45, 2.75) is 26.1 Å². The topological polar surface area (TPSA) is 46.1 Å². The fraction of sp³-hybridized carbons (Fsp3) is 1.00. The molecule has 0 aliphatic carbocycles. The zero-order valence-electron chi connectivity index (χ0n) is 6.85. The van der Waals surface area contributed by atoms with Gasteiger partial charge in [-0.05, 0) is 0 Å². The molecule has 0 aromatic heterocycles. The van der Waals surface area contributed by atoms with Gasteiger partial charge in [-0.2, -0.15) is 0 Å². The molecule has 0 amide bonds. The van der Waals surface area contributed by atoms with Gasteiger partial charge in [-0.15, -0.1) is 35.4 Å². The summed E-state index contributed by atoms with van der Waals surface area (Å²) < 4.78 is 0. The Morgan fingerprint density at radius 3 is 1.09 bits per heavy atom. The molecule has 2 atom stereocenters. The van der Waals surface area contributed by atoms with E-state index >= 15 is 0 Å². The largest absolute Gasteiger partial charge is 2.00 e. The molecule has 0 radical (unpaired) electrons. The molecule has 0 rings (SSSR count). The maximum absolute atomic E-state index is 9.76. The van der Waals surface area contributed by atoms with Gasteiger partial charge in [0.05, 0.1) is 0 Å². The Morgan fingerprint density at radius 1 is 1.00 bits per heavy atom. The first-order valence-corrected chi connectivity index (χ1v) is 4.05. The minimum atomic E-state index is -0.600. The zero-order valence-corrected chi connectivity index (χ0v) is 9.77. The van der Waals surface area contributed by atoms with Crippen LogP contribution in [0.15, 0.2) is 0 Å². The Hall–Kier alpha value is 1.27. The molecule has 0 saturated carbocycles. The average Bonchev–Trinajstić information content (AvgIpc) is 1.89. The maximum Gasteiger partial charge on any atom is 2.00 e. The Labute approximate surface area is 94.0 Å². The quantitative estimate of drug-likeness (QED) is 0.459. The Bertz CT molecular complexity index is 54.5. The average molecular weight is 211 g/mol. The summed E-state index contributed by atoms with van der Waals surface area (Å²) >= 11 is 10.0. The SMILES string of the molecule is CC([O-])CCl.CC([O-])CCl.[Mg+2]. The first-order valence-electron chi connectivity index (χ1n) is 2.98. The van der Waals surface area contributed by atoms with Crippen molar-refractivity contribution in [3.63, 3.8) is 0 Å². The van der Waals surface area contributed by atoms with Gasteiger partial charge in [-0.25, -0.2) is 0 Å². The molecule has 0 aliphatic heterocycles. The van der Waals surface area contributed by atoms with Crippen molar-refractivity contribution < 1.29 is 10.2 Å². The summed E-state index contributed by atoms with van der Waals surface area (Å²) in [5, 5.41) is 19.5. The smallest absolute Gasteiger partial charge is 0.851 e. The molecule has 0 aliphatic rings. The van der Waals surface area contributed by atoms with Crippen molar-refractivity contribution in [2.75, 3.05) is 11.8 Å². The number of rotatable bonds is 2. The van der Waals surface area contributed by atoms with Gasteiger partial charge >= 0.3 is 23.1 Å². The fourth-order valence-electron chi connectivity index (χ4n) is 0. The van der Waals surface area contributed by atoms with E-state index in [2.05, 4.69) is 0 Å². The maximum atomic E-state index is 9.76. The minimum absolute atomic E-state index is 0. The van der Waals surface area contributed by atoms with Crippen molar-refractivity contribution in [2.24, 2.45) is 0 Å². The summed E-state index contributed by atoms with van der Waals surface area (Å²) in [7, 11) is 0. The van der Waals surface area contributed by atoms with Gasteiger partial charge in [0.25, 0.3) is 0 Å². The van der Waals surface area contributed by atoms with Crippen molar-refractivity contribution in [3.8, 4) is 0 Å². The van der Waals surface area contributed by atoms with Crippen LogP contribution in [0.3, 0.4) is 0 Å². The molecule has 2 nitrogen and oxygen atoms in total. The first-order chi connectivity index (χ1) is 4.54. The minimum Gasteiger partial charge on any atom is -0.851 e. The summed E-state index contributed by atoms with van der Waals surface area (Å²) in [6.45, 7) is 3.07. The molecule has 5 heteroatoms. The van der Waals surface area contributed by atoms with Gasteiger partial charge in [-0.1, -0.05) is 13.8 Å². The summed E-state index contributed by atoms with van der Waals surface area (Å²) in [4.78, 5) is 0. The van der Waals surface area contributed by atoms with E-state index < -0.39 is 12.2 Å². The molecule has 0 bridgehead atoms. The number of hydrogen-bond acceptors (Lipinski definition) is 2. The van der Waals surface area contributed by atoms with Crippen molar-refractivity contribution in [3.05, 3.63) is 0 Å². The molecule has 0 heterocycles. The van der Waals surface area contributed by atoms with E-state index in [1.807, 2.05) is 0 Å². The Kier molecular flexibility index (Phi) is 22.8. The molecular weight excluding hydrogens is 199 g/mol. The third-order valence-corrected chi connectivity index (χ3v) is 1.30. The molecule has 0 aromatic carbocycles. The third kappa shape index (κ3) is 34.9. The molecule has 0 N–H and O–H groups in total. The van der Waals surface area contributed by atoms with Gasteiger partial charge in [0, 0.05) is 11.8 Å². The number of alkyl halides is 2. The molecule has 64 valence electrons. The molecule has 2 unspecified atom stereocenters. The van der Waals surface area contributed by atoms with Crippen molar-refractivity contribution in [1.29, 1.82) is 0 Å². The van der Waals surface area contributed by atoms with Crippen LogP contribution in [-0.2, 0) is 0 Å². The van der Waals surface area contributed by atoms with Crippen LogP contribution in [0.4, 0.5) is 0 Å². The van der Waals surface area contributed by atoms with E-state index in [1.165, 1.54) is 13.8 Å². The van der Waals surface area contributed by atoms with Crippen LogP contribution in [0.2, 0.25) is 0 Å². The zero-order chi connectivity index (χ0) is 8.57. The molecule has 0 fully saturated rings. The van der Waals surface area contributed by atoms with E-state index in [0.717, 1.165) is 0 Å². The van der Waals surface area contributed by atoms with Crippen molar-refractivity contribution in [1.82, 2.24) is 0 Å². The van der Waals surface area contributed by atoms with Crippen LogP contribution in [0, 0.1) is 0 Å². The summed E-state index contributed by atoms with van der Waals surface area (Å²) in [5.41, 5.74) is 0. The molecule has 0 spiro atoms. The molecule has 0 aromatic rings. The second kappa shape index (κ2) is 13.8. The standard InChI is InChI=1S/2C3H6ClO.Mg/c2*1-3(5)2-4;/h2*3H,2H2,1H3;/q2*-1;+2. The van der Waals surface area contributed by atoms with Crippen molar-refractivity contribution >= 4 is 46.3 Å². The van der Waals surface area contributed by atoms with Gasteiger partial charge in [0.2, 0.25) is 0 Å². The first kappa shape index (κ1) is 18.1. The van der Waals surface area contributed by atoms with E-state index in [1.54, 1.807) is 0 Å². The predicted octanol–water partition coefficient (Wildman–Crippen LogP) is -0.433. The van der Waals surface area contributed by atoms with Gasteiger partial charge < -0.3 is 10.2 Å². The molecular formula is C6H12Cl2MgO2. The Balaban J connectivity index is -0.000000107. The summed E-state index contributed by atoms with van der Waals surface area (Å²) in [6.07, 6.45) is -1.20. The summed E-state index contributed by atoms with van der Waals surface area (Å²) in [5.74, 6) is 0.444. The Morgan fingerprint density at radius 2 is 1.09 bits per heavy atom. The van der Waals surface area contributed by atoms with Crippen LogP contribution < -0.4 is 10.2 Å². The summed E-state index contributed by atoms with van der Waals surface area (Å²) in [6, 6.07) is 0. The van der Waals surface area contributed by atoms with Crippen LogP contribution in [0.1, 0.15) is 13.8 Å². The second-order valence-corrected chi connectivity index (χ2v) is 2.55. The van der Waals surface area contributed by atoms with Gasteiger partial charge in [-0.3, -0.25) is 0 Å². The fourth-order valence-corrected chi connectivity index (χ4v) is 0. The van der Waals surface area contributed by atoms with E-state index in [4.69, 9.17) is 23.2 Å². The third-order valence-electron chi connectivity index (χ3n) is 0.435. The van der Waals surface area contributed by atoms with Gasteiger partial charge in [0.1, 0.15) is 0 Å². The molecule has 11 heavy (non-hydrogen) atoms. The van der Waals surface area contributed by atoms with E-state index in [0.29, 0.717) is 0 Å². The van der Waals surface area contributed by atoms with E-state index in [-0.39, 0.29) is 34.8 Å². The van der Waals surface area contributed by atoms with Gasteiger partial charge in [0.15, 0.2) is 0 Å². The normalized spacial score (nSPS) is 13.6.